The van der Waals surface area contributed by atoms with E-state index < -0.39 is 5.69 Å². The highest BCUT2D eigenvalue weighted by atomic mass is 32.2. The smallest absolute Gasteiger partial charge is 0.325 e. The molecule has 0 aliphatic heterocycles. The van der Waals surface area contributed by atoms with Gasteiger partial charge in [0.15, 0.2) is 0 Å². The van der Waals surface area contributed by atoms with Crippen LogP contribution >= 0.6 is 11.8 Å². The summed E-state index contributed by atoms with van der Waals surface area (Å²) >= 11 is 1.27. The van der Waals surface area contributed by atoms with Gasteiger partial charge in [0.1, 0.15) is 0 Å². The lowest BCUT2D eigenvalue weighted by Gasteiger charge is -2.12. The number of aromatic amines is 1. The van der Waals surface area contributed by atoms with Crippen LogP contribution < -0.4 is 11.0 Å². The molecule has 1 aromatic heterocycles. The SMILES string of the molecule is Cc1cc(C)c(NC(=O)CSc2ccnc(=O)[nH]2)c(C)c1. The monoisotopic (exact) mass is 303 g/mol. The van der Waals surface area contributed by atoms with Gasteiger partial charge >= 0.3 is 5.69 Å². The molecule has 0 radical (unpaired) electrons. The Bertz CT molecular complexity index is 702. The molecule has 0 fully saturated rings. The number of benzene rings is 1. The van der Waals surface area contributed by atoms with Crippen molar-refractivity contribution in [2.75, 3.05) is 11.1 Å². The van der Waals surface area contributed by atoms with Gasteiger partial charge in [0.2, 0.25) is 5.91 Å². The zero-order valence-corrected chi connectivity index (χ0v) is 13.0. The lowest BCUT2D eigenvalue weighted by Crippen LogP contribution is -2.16. The number of H-pyrrole nitrogens is 1. The normalized spacial score (nSPS) is 10.4. The molecule has 2 N–H and O–H groups in total. The predicted octanol–water partition coefficient (Wildman–Crippen LogP) is 2.43. The molecule has 0 aliphatic carbocycles. The quantitative estimate of drug-likeness (QED) is 0.672. The van der Waals surface area contributed by atoms with Crippen LogP contribution in [0.15, 0.2) is 34.2 Å². The summed E-state index contributed by atoms with van der Waals surface area (Å²) in [5.74, 6) is 0.125. The van der Waals surface area contributed by atoms with Gasteiger partial charge in [-0.2, -0.15) is 0 Å². The van der Waals surface area contributed by atoms with Crippen LogP contribution in [0.25, 0.3) is 0 Å². The maximum atomic E-state index is 12.0. The first-order valence-corrected chi connectivity index (χ1v) is 7.50. The van der Waals surface area contributed by atoms with Crippen LogP contribution in [0.4, 0.5) is 5.69 Å². The van der Waals surface area contributed by atoms with E-state index in [1.54, 1.807) is 6.07 Å². The van der Waals surface area contributed by atoms with Crippen LogP contribution in [0.3, 0.4) is 0 Å². The van der Waals surface area contributed by atoms with Crippen molar-refractivity contribution in [3.05, 3.63) is 51.6 Å². The summed E-state index contributed by atoms with van der Waals surface area (Å²) in [4.78, 5) is 29.2. The van der Waals surface area contributed by atoms with Crippen LogP contribution in [-0.2, 0) is 4.79 Å². The zero-order valence-electron chi connectivity index (χ0n) is 12.2. The first kappa shape index (κ1) is 15.3. The van der Waals surface area contributed by atoms with Crippen molar-refractivity contribution in [1.29, 1.82) is 0 Å². The predicted molar refractivity (Wildman–Crippen MR) is 84.9 cm³/mol. The fourth-order valence-electron chi connectivity index (χ4n) is 2.13. The van der Waals surface area contributed by atoms with Crippen molar-refractivity contribution in [2.45, 2.75) is 25.8 Å². The average molecular weight is 303 g/mol. The van der Waals surface area contributed by atoms with E-state index in [1.807, 2.05) is 32.9 Å². The van der Waals surface area contributed by atoms with Crippen molar-refractivity contribution in [1.82, 2.24) is 9.97 Å². The number of amides is 1. The number of rotatable bonds is 4. The molecule has 1 heterocycles. The highest BCUT2D eigenvalue weighted by Crippen LogP contribution is 2.22. The maximum absolute atomic E-state index is 12.0. The molecular weight excluding hydrogens is 286 g/mol. The Balaban J connectivity index is 2.01. The summed E-state index contributed by atoms with van der Waals surface area (Å²) in [5, 5.41) is 3.55. The summed E-state index contributed by atoms with van der Waals surface area (Å²) in [7, 11) is 0. The molecule has 0 saturated heterocycles. The molecule has 0 bridgehead atoms. The molecule has 2 rings (SSSR count). The van der Waals surface area contributed by atoms with Crippen molar-refractivity contribution in [3.8, 4) is 0 Å². The van der Waals surface area contributed by atoms with Crippen molar-refractivity contribution >= 4 is 23.4 Å². The van der Waals surface area contributed by atoms with E-state index in [-0.39, 0.29) is 11.7 Å². The fourth-order valence-corrected chi connectivity index (χ4v) is 2.81. The van der Waals surface area contributed by atoms with E-state index in [4.69, 9.17) is 0 Å². The molecule has 0 unspecified atom stereocenters. The average Bonchev–Trinajstić information content (AvgIpc) is 2.40. The molecule has 2 aromatic rings. The van der Waals surface area contributed by atoms with Gasteiger partial charge in [-0.05, 0) is 38.0 Å². The molecule has 6 heteroatoms. The fraction of sp³-hybridized carbons (Fsp3) is 0.267. The largest absolute Gasteiger partial charge is 0.345 e. The van der Waals surface area contributed by atoms with E-state index >= 15 is 0 Å². The minimum absolute atomic E-state index is 0.104. The van der Waals surface area contributed by atoms with Gasteiger partial charge in [0.25, 0.3) is 0 Å². The van der Waals surface area contributed by atoms with E-state index in [0.29, 0.717) is 5.03 Å². The van der Waals surface area contributed by atoms with Crippen LogP contribution in [-0.4, -0.2) is 21.6 Å². The minimum Gasteiger partial charge on any atom is -0.325 e. The summed E-state index contributed by atoms with van der Waals surface area (Å²) in [6.45, 7) is 5.98. The topological polar surface area (TPSA) is 74.8 Å². The van der Waals surface area contributed by atoms with E-state index in [2.05, 4.69) is 15.3 Å². The second kappa shape index (κ2) is 6.58. The van der Waals surface area contributed by atoms with Gasteiger partial charge in [0.05, 0.1) is 10.8 Å². The van der Waals surface area contributed by atoms with Crippen LogP contribution in [0.5, 0.6) is 0 Å². The third-order valence-corrected chi connectivity index (χ3v) is 3.90. The molecule has 0 saturated carbocycles. The van der Waals surface area contributed by atoms with Gasteiger partial charge < -0.3 is 10.3 Å². The Morgan fingerprint density at radius 1 is 1.29 bits per heavy atom. The molecule has 0 atom stereocenters. The van der Waals surface area contributed by atoms with Crippen LogP contribution in [0, 0.1) is 20.8 Å². The summed E-state index contributed by atoms with van der Waals surface area (Å²) in [5.41, 5.74) is 3.71. The molecular formula is C15H17N3O2S. The maximum Gasteiger partial charge on any atom is 0.345 e. The van der Waals surface area contributed by atoms with Gasteiger partial charge in [-0.15, -0.1) is 0 Å². The highest BCUT2D eigenvalue weighted by molar-refractivity contribution is 7.99. The van der Waals surface area contributed by atoms with Crippen molar-refractivity contribution in [2.24, 2.45) is 0 Å². The van der Waals surface area contributed by atoms with Crippen molar-refractivity contribution in [3.63, 3.8) is 0 Å². The summed E-state index contributed by atoms with van der Waals surface area (Å²) in [6.07, 6.45) is 1.42. The number of aryl methyl sites for hydroxylation is 3. The Morgan fingerprint density at radius 2 is 1.95 bits per heavy atom. The Hall–Kier alpha value is -2.08. The van der Waals surface area contributed by atoms with E-state index in [1.165, 1.54) is 23.5 Å². The second-order valence-electron chi connectivity index (χ2n) is 4.85. The lowest BCUT2D eigenvalue weighted by atomic mass is 10.1. The third kappa shape index (κ3) is 4.19. The Labute approximate surface area is 127 Å². The summed E-state index contributed by atoms with van der Waals surface area (Å²) in [6, 6.07) is 5.74. The molecule has 1 amide bonds. The number of carbonyl (C=O) groups is 1. The number of aromatic nitrogens is 2. The Kier molecular flexibility index (Phi) is 4.80. The zero-order chi connectivity index (χ0) is 15.4. The van der Waals surface area contributed by atoms with Crippen molar-refractivity contribution < 1.29 is 4.79 Å². The lowest BCUT2D eigenvalue weighted by molar-refractivity contribution is -0.113. The summed E-state index contributed by atoms with van der Waals surface area (Å²) < 4.78 is 0. The first-order valence-electron chi connectivity index (χ1n) is 6.51. The number of nitrogens with zero attached hydrogens (tertiary/aromatic N) is 1. The number of carbonyl (C=O) groups excluding carboxylic acids is 1. The number of hydrogen-bond acceptors (Lipinski definition) is 4. The molecule has 21 heavy (non-hydrogen) atoms. The number of nitrogens with one attached hydrogen (secondary N) is 2. The molecule has 5 nitrogen and oxygen atoms in total. The molecule has 1 aromatic carbocycles. The number of hydrogen-bond donors (Lipinski definition) is 2. The molecule has 0 aliphatic rings. The van der Waals surface area contributed by atoms with Crippen LogP contribution in [0.1, 0.15) is 16.7 Å². The third-order valence-electron chi connectivity index (χ3n) is 2.95. The van der Waals surface area contributed by atoms with Gasteiger partial charge in [-0.3, -0.25) is 4.79 Å². The first-order chi connectivity index (χ1) is 9.95. The van der Waals surface area contributed by atoms with Gasteiger partial charge in [-0.1, -0.05) is 29.5 Å². The van der Waals surface area contributed by atoms with E-state index in [9.17, 15) is 9.59 Å². The minimum atomic E-state index is -0.411. The van der Waals surface area contributed by atoms with Gasteiger partial charge in [0, 0.05) is 11.9 Å². The van der Waals surface area contributed by atoms with Crippen LogP contribution in [0.2, 0.25) is 0 Å². The standard InChI is InChI=1S/C15H17N3O2S/c1-9-6-10(2)14(11(3)7-9)17-12(19)8-21-13-4-5-16-15(20)18-13/h4-7H,8H2,1-3H3,(H,17,19)(H,16,18,20). The number of anilines is 1. The second-order valence-corrected chi connectivity index (χ2v) is 5.87. The van der Waals surface area contributed by atoms with Gasteiger partial charge in [-0.25, -0.2) is 9.78 Å². The Morgan fingerprint density at radius 3 is 2.57 bits per heavy atom. The molecule has 110 valence electrons. The highest BCUT2D eigenvalue weighted by Gasteiger charge is 2.09. The van der Waals surface area contributed by atoms with E-state index in [0.717, 1.165) is 16.8 Å². The molecule has 0 spiro atoms. The number of thioether (sulfide) groups is 1.